The first-order chi connectivity index (χ1) is 11.1. The summed E-state index contributed by atoms with van der Waals surface area (Å²) in [6.45, 7) is 0. The quantitative estimate of drug-likeness (QED) is 0.775. The van der Waals surface area contributed by atoms with Crippen molar-refractivity contribution < 1.29 is 4.39 Å². The van der Waals surface area contributed by atoms with E-state index in [-0.39, 0.29) is 5.02 Å². The Bertz CT molecular complexity index is 688. The first kappa shape index (κ1) is 15.8. The Hall–Kier alpha value is -2.08. The van der Waals surface area contributed by atoms with E-state index in [0.29, 0.717) is 29.1 Å². The van der Waals surface area contributed by atoms with E-state index in [1.165, 1.54) is 37.7 Å². The molecule has 0 spiro atoms. The summed E-state index contributed by atoms with van der Waals surface area (Å²) in [6.07, 6.45) is 7.44. The lowest BCUT2D eigenvalue weighted by Gasteiger charge is -2.24. The SMILES string of the molecule is Nc1c(Nc2ccc(F)c(Cl)c2)ncnc1NC1CCCCC1. The Morgan fingerprint density at radius 3 is 2.61 bits per heavy atom. The Kier molecular flexibility index (Phi) is 4.81. The van der Waals surface area contributed by atoms with E-state index in [0.717, 1.165) is 12.8 Å². The molecule has 0 saturated heterocycles. The lowest BCUT2D eigenvalue weighted by atomic mass is 9.95. The van der Waals surface area contributed by atoms with E-state index >= 15 is 0 Å². The molecule has 122 valence electrons. The minimum Gasteiger partial charge on any atom is -0.393 e. The fourth-order valence-electron chi connectivity index (χ4n) is 2.76. The van der Waals surface area contributed by atoms with Gasteiger partial charge >= 0.3 is 0 Å². The van der Waals surface area contributed by atoms with Gasteiger partial charge in [-0.25, -0.2) is 14.4 Å². The molecule has 4 N–H and O–H groups in total. The molecule has 0 atom stereocenters. The molecule has 1 fully saturated rings. The molecule has 1 heterocycles. The van der Waals surface area contributed by atoms with Crippen LogP contribution in [0.3, 0.4) is 0 Å². The van der Waals surface area contributed by atoms with Crippen LogP contribution in [0.2, 0.25) is 5.02 Å². The molecule has 7 heteroatoms. The molecule has 0 unspecified atom stereocenters. The summed E-state index contributed by atoms with van der Waals surface area (Å²) < 4.78 is 13.2. The van der Waals surface area contributed by atoms with Crippen molar-refractivity contribution in [2.24, 2.45) is 0 Å². The number of anilines is 4. The third-order valence-electron chi connectivity index (χ3n) is 4.01. The van der Waals surface area contributed by atoms with Crippen LogP contribution < -0.4 is 16.4 Å². The minimum absolute atomic E-state index is 0.0446. The highest BCUT2D eigenvalue weighted by Crippen LogP contribution is 2.29. The van der Waals surface area contributed by atoms with Crippen molar-refractivity contribution in [2.75, 3.05) is 16.4 Å². The number of hydrogen-bond donors (Lipinski definition) is 3. The van der Waals surface area contributed by atoms with Crippen LogP contribution in [-0.2, 0) is 0 Å². The van der Waals surface area contributed by atoms with E-state index in [9.17, 15) is 4.39 Å². The number of nitrogens with one attached hydrogen (secondary N) is 2. The molecule has 0 radical (unpaired) electrons. The van der Waals surface area contributed by atoms with E-state index in [1.54, 1.807) is 6.07 Å². The molecule has 0 aliphatic heterocycles. The molecule has 1 aliphatic rings. The number of benzene rings is 1. The molecular formula is C16H19ClFN5. The first-order valence-corrected chi connectivity index (χ1v) is 8.10. The van der Waals surface area contributed by atoms with Gasteiger partial charge in [-0.15, -0.1) is 0 Å². The highest BCUT2D eigenvalue weighted by atomic mass is 35.5. The summed E-state index contributed by atoms with van der Waals surface area (Å²) in [4.78, 5) is 8.39. The largest absolute Gasteiger partial charge is 0.393 e. The first-order valence-electron chi connectivity index (χ1n) is 7.72. The van der Waals surface area contributed by atoms with E-state index in [2.05, 4.69) is 20.6 Å². The van der Waals surface area contributed by atoms with Gasteiger partial charge in [0.2, 0.25) is 0 Å². The van der Waals surface area contributed by atoms with Crippen molar-refractivity contribution in [2.45, 2.75) is 38.1 Å². The third kappa shape index (κ3) is 3.82. The lowest BCUT2D eigenvalue weighted by molar-refractivity contribution is 0.462. The number of rotatable bonds is 4. The van der Waals surface area contributed by atoms with Gasteiger partial charge in [0, 0.05) is 11.7 Å². The van der Waals surface area contributed by atoms with Crippen LogP contribution in [0.1, 0.15) is 32.1 Å². The average Bonchev–Trinajstić information content (AvgIpc) is 2.56. The van der Waals surface area contributed by atoms with Crippen molar-refractivity contribution in [3.8, 4) is 0 Å². The zero-order valence-corrected chi connectivity index (χ0v) is 13.4. The van der Waals surface area contributed by atoms with Gasteiger partial charge in [0.25, 0.3) is 0 Å². The molecule has 5 nitrogen and oxygen atoms in total. The Morgan fingerprint density at radius 2 is 1.87 bits per heavy atom. The Balaban J connectivity index is 1.77. The van der Waals surface area contributed by atoms with Gasteiger partial charge in [-0.1, -0.05) is 30.9 Å². The summed E-state index contributed by atoms with van der Waals surface area (Å²) in [5.74, 6) is 0.635. The van der Waals surface area contributed by atoms with Crippen molar-refractivity contribution >= 4 is 34.6 Å². The molecule has 1 saturated carbocycles. The van der Waals surface area contributed by atoms with Crippen LogP contribution in [-0.4, -0.2) is 16.0 Å². The summed E-state index contributed by atoms with van der Waals surface area (Å²) in [6, 6.07) is 4.77. The Morgan fingerprint density at radius 1 is 1.13 bits per heavy atom. The van der Waals surface area contributed by atoms with Gasteiger partial charge in [-0.2, -0.15) is 0 Å². The highest BCUT2D eigenvalue weighted by molar-refractivity contribution is 6.31. The summed E-state index contributed by atoms with van der Waals surface area (Å²) in [5.41, 5.74) is 7.22. The molecule has 23 heavy (non-hydrogen) atoms. The predicted molar refractivity (Wildman–Crippen MR) is 91.6 cm³/mol. The van der Waals surface area contributed by atoms with Crippen LogP contribution in [0, 0.1) is 5.82 Å². The van der Waals surface area contributed by atoms with Crippen LogP contribution >= 0.6 is 11.6 Å². The molecule has 1 aliphatic carbocycles. The van der Waals surface area contributed by atoms with Gasteiger partial charge in [-0.3, -0.25) is 0 Å². The van der Waals surface area contributed by atoms with Crippen molar-refractivity contribution in [3.05, 3.63) is 35.4 Å². The molecule has 0 amide bonds. The van der Waals surface area contributed by atoms with Gasteiger partial charge in [-0.05, 0) is 31.0 Å². The van der Waals surface area contributed by atoms with Gasteiger partial charge in [0.05, 0.1) is 5.02 Å². The standard InChI is InChI=1S/C16H19ClFN5/c17-12-8-11(6-7-13(12)18)23-16-14(19)15(20-9-21-16)22-10-4-2-1-3-5-10/h6-10H,1-5,19H2,(H2,20,21,22,23). The number of nitrogen functional groups attached to an aromatic ring is 1. The number of nitrogens with zero attached hydrogens (tertiary/aromatic N) is 2. The van der Waals surface area contributed by atoms with E-state index in [1.807, 2.05) is 0 Å². The number of hydrogen-bond acceptors (Lipinski definition) is 5. The zero-order chi connectivity index (χ0) is 16.2. The van der Waals surface area contributed by atoms with E-state index < -0.39 is 5.82 Å². The summed E-state index contributed by atoms with van der Waals surface area (Å²) >= 11 is 5.79. The second-order valence-electron chi connectivity index (χ2n) is 5.72. The predicted octanol–water partition coefficient (Wildman–Crippen LogP) is 4.34. The van der Waals surface area contributed by atoms with Crippen LogP contribution in [0.5, 0.6) is 0 Å². The topological polar surface area (TPSA) is 75.9 Å². The zero-order valence-electron chi connectivity index (χ0n) is 12.6. The number of nitrogens with two attached hydrogens (primary N) is 1. The fraction of sp³-hybridized carbons (Fsp3) is 0.375. The Labute approximate surface area is 139 Å². The average molecular weight is 336 g/mol. The van der Waals surface area contributed by atoms with Gasteiger partial charge in [0.1, 0.15) is 17.8 Å². The van der Waals surface area contributed by atoms with Crippen LogP contribution in [0.25, 0.3) is 0 Å². The molecule has 3 rings (SSSR count). The minimum atomic E-state index is -0.465. The molecular weight excluding hydrogens is 317 g/mol. The normalized spacial score (nSPS) is 15.4. The van der Waals surface area contributed by atoms with Crippen molar-refractivity contribution in [1.29, 1.82) is 0 Å². The number of halogens is 2. The second-order valence-corrected chi connectivity index (χ2v) is 6.12. The van der Waals surface area contributed by atoms with Crippen molar-refractivity contribution in [1.82, 2.24) is 9.97 Å². The molecule has 1 aromatic carbocycles. The maximum atomic E-state index is 13.2. The van der Waals surface area contributed by atoms with Crippen molar-refractivity contribution in [3.63, 3.8) is 0 Å². The maximum Gasteiger partial charge on any atom is 0.159 e. The van der Waals surface area contributed by atoms with Gasteiger partial charge < -0.3 is 16.4 Å². The van der Waals surface area contributed by atoms with E-state index in [4.69, 9.17) is 17.3 Å². The third-order valence-corrected chi connectivity index (χ3v) is 4.30. The molecule has 2 aromatic rings. The summed E-state index contributed by atoms with van der Waals surface area (Å²) in [5, 5.41) is 6.49. The summed E-state index contributed by atoms with van der Waals surface area (Å²) in [7, 11) is 0. The molecule has 0 bridgehead atoms. The smallest absolute Gasteiger partial charge is 0.159 e. The number of aromatic nitrogens is 2. The molecule has 1 aromatic heterocycles. The van der Waals surface area contributed by atoms with Crippen LogP contribution in [0.15, 0.2) is 24.5 Å². The highest BCUT2D eigenvalue weighted by Gasteiger charge is 2.16. The maximum absolute atomic E-state index is 13.2. The fourth-order valence-corrected chi connectivity index (χ4v) is 2.94. The van der Waals surface area contributed by atoms with Gasteiger partial charge in [0.15, 0.2) is 11.6 Å². The van der Waals surface area contributed by atoms with Crippen LogP contribution in [0.4, 0.5) is 27.4 Å². The second kappa shape index (κ2) is 7.00. The monoisotopic (exact) mass is 335 g/mol. The lowest BCUT2D eigenvalue weighted by Crippen LogP contribution is -2.23.